The van der Waals surface area contributed by atoms with E-state index in [0.717, 1.165) is 46.9 Å². The van der Waals surface area contributed by atoms with Gasteiger partial charge in [-0.1, -0.05) is 6.07 Å². The third-order valence-electron chi connectivity index (χ3n) is 8.89. The number of carboxylic acid groups (broad SMARTS) is 1. The number of para-hydroxylation sites is 1. The molecule has 12 heteroatoms. The van der Waals surface area contributed by atoms with E-state index in [9.17, 15) is 14.3 Å². The van der Waals surface area contributed by atoms with Crippen molar-refractivity contribution in [3.05, 3.63) is 99.5 Å². The molecule has 2 aromatic heterocycles. The van der Waals surface area contributed by atoms with Gasteiger partial charge in [-0.15, -0.1) is 11.3 Å². The van der Waals surface area contributed by atoms with Crippen molar-refractivity contribution in [2.75, 3.05) is 18.0 Å². The SMILES string of the molecule is CC1(c2ccc(C#N)cc2F)Oc2cccc(N3CCN(Cc4nc5ccc(C(=O)O)cc5n4Cc4cncs4)C4CC43)c2O1. The van der Waals surface area contributed by atoms with E-state index in [2.05, 4.69) is 19.4 Å². The fraction of sp³-hybridized carbons (Fsp3) is 0.273. The van der Waals surface area contributed by atoms with Crippen LogP contribution in [0.2, 0.25) is 0 Å². The van der Waals surface area contributed by atoms with Gasteiger partial charge in [0.05, 0.1) is 58.1 Å². The molecule has 1 saturated carbocycles. The maximum absolute atomic E-state index is 15.0. The van der Waals surface area contributed by atoms with Crippen LogP contribution in [0, 0.1) is 17.1 Å². The predicted octanol–water partition coefficient (Wildman–Crippen LogP) is 5.36. The number of aromatic carboxylic acids is 1. The van der Waals surface area contributed by atoms with Crippen LogP contribution in [-0.2, 0) is 18.9 Å². The van der Waals surface area contributed by atoms with Crippen molar-refractivity contribution in [1.29, 1.82) is 5.26 Å². The molecule has 1 aliphatic carbocycles. The quantitative estimate of drug-likeness (QED) is 0.256. The molecular weight excluding hydrogens is 595 g/mol. The van der Waals surface area contributed by atoms with E-state index in [0.29, 0.717) is 30.6 Å². The number of rotatable bonds is 7. The number of nitrogens with zero attached hydrogens (tertiary/aromatic N) is 6. The number of carboxylic acids is 1. The van der Waals surface area contributed by atoms with Crippen LogP contribution in [0.15, 0.2) is 66.3 Å². The number of carbonyl (C=O) groups is 1. The van der Waals surface area contributed by atoms with Gasteiger partial charge in [-0.2, -0.15) is 5.26 Å². The third-order valence-corrected chi connectivity index (χ3v) is 9.66. The Kier molecular flexibility index (Phi) is 6.30. The molecule has 10 nitrogen and oxygen atoms in total. The van der Waals surface area contributed by atoms with Gasteiger partial charge >= 0.3 is 5.97 Å². The monoisotopic (exact) mass is 622 g/mol. The van der Waals surface area contributed by atoms with E-state index in [1.54, 1.807) is 54.1 Å². The van der Waals surface area contributed by atoms with Crippen molar-refractivity contribution in [1.82, 2.24) is 19.4 Å². The minimum atomic E-state index is -1.36. The lowest BCUT2D eigenvalue weighted by molar-refractivity contribution is -0.0705. The topological polar surface area (TPSA) is 117 Å². The summed E-state index contributed by atoms with van der Waals surface area (Å²) in [6.07, 6.45) is 2.81. The van der Waals surface area contributed by atoms with E-state index >= 15 is 0 Å². The molecule has 3 aromatic carbocycles. The Morgan fingerprint density at radius 1 is 1.16 bits per heavy atom. The van der Waals surface area contributed by atoms with Crippen molar-refractivity contribution < 1.29 is 23.8 Å². The highest BCUT2D eigenvalue weighted by Crippen LogP contribution is 2.52. The lowest BCUT2D eigenvalue weighted by Gasteiger charge is -2.36. The summed E-state index contributed by atoms with van der Waals surface area (Å²) in [5.74, 6) is -0.858. The molecule has 3 atom stereocenters. The number of nitriles is 1. The summed E-state index contributed by atoms with van der Waals surface area (Å²) in [5, 5.41) is 18.7. The first-order valence-corrected chi connectivity index (χ1v) is 15.5. The van der Waals surface area contributed by atoms with E-state index in [1.807, 2.05) is 30.5 Å². The second-order valence-electron chi connectivity index (χ2n) is 11.7. The molecule has 1 N–H and O–H groups in total. The van der Waals surface area contributed by atoms with Gasteiger partial charge in [0.2, 0.25) is 0 Å². The highest BCUT2D eigenvalue weighted by molar-refractivity contribution is 7.09. The van der Waals surface area contributed by atoms with Gasteiger partial charge < -0.3 is 24.0 Å². The van der Waals surface area contributed by atoms with Crippen LogP contribution in [0.5, 0.6) is 11.5 Å². The average Bonchev–Trinajstić information content (AvgIpc) is 3.34. The standard InChI is InChI=1S/C33H27FN6O4S/c1-33(22-7-5-19(14-35)11-23(22)34)43-29-4-2-3-25(31(29)44-33)39-10-9-38(27-13-28(27)39)17-30-37-24-8-6-20(32(41)42)12-26(24)40(30)16-21-15-36-18-45-21/h2-8,11-12,15,18,27-28H,9-10,13,16-17H2,1H3,(H,41,42). The molecular formula is C33H27FN6O4S. The van der Waals surface area contributed by atoms with Crippen molar-refractivity contribution in [2.24, 2.45) is 0 Å². The number of aromatic nitrogens is 3. The minimum absolute atomic E-state index is 0.231. The van der Waals surface area contributed by atoms with Crippen LogP contribution < -0.4 is 14.4 Å². The van der Waals surface area contributed by atoms with Crippen LogP contribution in [0.3, 0.4) is 0 Å². The molecule has 2 fully saturated rings. The van der Waals surface area contributed by atoms with Crippen LogP contribution in [-0.4, -0.2) is 55.7 Å². The van der Waals surface area contributed by atoms with Crippen LogP contribution in [0.4, 0.5) is 10.1 Å². The van der Waals surface area contributed by atoms with Gasteiger partial charge in [0.15, 0.2) is 11.5 Å². The number of ether oxygens (including phenoxy) is 2. The summed E-state index contributed by atoms with van der Waals surface area (Å²) in [7, 11) is 0. The zero-order chi connectivity index (χ0) is 30.9. The maximum atomic E-state index is 15.0. The Morgan fingerprint density at radius 3 is 2.82 bits per heavy atom. The van der Waals surface area contributed by atoms with Crippen LogP contribution in [0.1, 0.15) is 45.5 Å². The molecule has 0 amide bonds. The van der Waals surface area contributed by atoms with E-state index in [4.69, 9.17) is 19.7 Å². The van der Waals surface area contributed by atoms with E-state index in [-0.39, 0.29) is 22.7 Å². The summed E-state index contributed by atoms with van der Waals surface area (Å²) < 4.78 is 29.7. The van der Waals surface area contributed by atoms with Crippen molar-refractivity contribution in [2.45, 2.75) is 44.3 Å². The first-order chi connectivity index (χ1) is 21.8. The number of benzene rings is 3. The molecule has 3 unspecified atom stereocenters. The molecule has 0 radical (unpaired) electrons. The number of imidazole rings is 1. The number of thiazole rings is 1. The predicted molar refractivity (Wildman–Crippen MR) is 164 cm³/mol. The number of piperazine rings is 1. The normalized spacial score (nSPS) is 21.9. The second kappa shape index (κ2) is 10.3. The van der Waals surface area contributed by atoms with E-state index in [1.165, 1.54) is 6.07 Å². The fourth-order valence-electron chi connectivity index (χ4n) is 6.62. The molecule has 0 spiro atoms. The summed E-state index contributed by atoms with van der Waals surface area (Å²) in [6.45, 7) is 4.43. The highest BCUT2D eigenvalue weighted by Gasteiger charge is 2.51. The number of anilines is 1. The minimum Gasteiger partial charge on any atom is -0.478 e. The maximum Gasteiger partial charge on any atom is 0.335 e. The molecule has 1 saturated heterocycles. The smallest absolute Gasteiger partial charge is 0.335 e. The summed E-state index contributed by atoms with van der Waals surface area (Å²) >= 11 is 1.56. The Morgan fingerprint density at radius 2 is 2.04 bits per heavy atom. The largest absolute Gasteiger partial charge is 0.478 e. The van der Waals surface area contributed by atoms with Crippen molar-refractivity contribution in [3.63, 3.8) is 0 Å². The first kappa shape index (κ1) is 27.6. The first-order valence-electron chi connectivity index (χ1n) is 14.6. The molecule has 4 heterocycles. The van der Waals surface area contributed by atoms with Gasteiger partial charge in [-0.3, -0.25) is 9.88 Å². The number of hydrogen-bond donors (Lipinski definition) is 1. The summed E-state index contributed by atoms with van der Waals surface area (Å²) in [5.41, 5.74) is 4.97. The van der Waals surface area contributed by atoms with Gasteiger partial charge in [-0.25, -0.2) is 14.2 Å². The zero-order valence-corrected chi connectivity index (χ0v) is 25.0. The molecule has 2 aliphatic heterocycles. The number of halogens is 1. The molecule has 3 aliphatic rings. The molecule has 0 bridgehead atoms. The van der Waals surface area contributed by atoms with E-state index < -0.39 is 17.6 Å². The Balaban J connectivity index is 1.04. The second-order valence-corrected chi connectivity index (χ2v) is 12.7. The van der Waals surface area contributed by atoms with Crippen molar-refractivity contribution in [3.8, 4) is 17.6 Å². The summed E-state index contributed by atoms with van der Waals surface area (Å²) in [6, 6.07) is 17.7. The lowest BCUT2D eigenvalue weighted by atomic mass is 10.0. The Hall–Kier alpha value is -4.99. The fourth-order valence-corrected chi connectivity index (χ4v) is 7.20. The molecule has 5 aromatic rings. The Labute approximate surface area is 261 Å². The average molecular weight is 623 g/mol. The van der Waals surface area contributed by atoms with Gasteiger partial charge in [0.25, 0.3) is 5.79 Å². The zero-order valence-electron chi connectivity index (χ0n) is 24.2. The van der Waals surface area contributed by atoms with Crippen LogP contribution >= 0.6 is 11.3 Å². The lowest BCUT2D eigenvalue weighted by Crippen LogP contribution is -2.46. The molecule has 45 heavy (non-hydrogen) atoms. The van der Waals surface area contributed by atoms with Gasteiger partial charge in [-0.05, 0) is 55.0 Å². The van der Waals surface area contributed by atoms with Gasteiger partial charge in [0, 0.05) is 43.2 Å². The Bertz CT molecular complexity index is 2020. The van der Waals surface area contributed by atoms with Crippen LogP contribution in [0.25, 0.3) is 11.0 Å². The highest BCUT2D eigenvalue weighted by atomic mass is 32.1. The van der Waals surface area contributed by atoms with Gasteiger partial charge in [0.1, 0.15) is 11.6 Å². The molecule has 226 valence electrons. The number of fused-ring (bicyclic) bond motifs is 3. The third kappa shape index (κ3) is 4.67. The molecule has 8 rings (SSSR count). The number of hydrogen-bond acceptors (Lipinski definition) is 9. The van der Waals surface area contributed by atoms with Crippen molar-refractivity contribution >= 4 is 34.0 Å². The summed E-state index contributed by atoms with van der Waals surface area (Å²) in [4.78, 5) is 26.7.